The van der Waals surface area contributed by atoms with Crippen LogP contribution in [-0.2, 0) is 13.1 Å². The summed E-state index contributed by atoms with van der Waals surface area (Å²) in [6, 6.07) is 8.89. The summed E-state index contributed by atoms with van der Waals surface area (Å²) in [5, 5.41) is 13.1. The number of nitrogens with one attached hydrogen (secondary N) is 1. The van der Waals surface area contributed by atoms with E-state index >= 15 is 0 Å². The molecule has 0 aliphatic heterocycles. The van der Waals surface area contributed by atoms with Crippen molar-refractivity contribution in [2.45, 2.75) is 26.9 Å². The summed E-state index contributed by atoms with van der Waals surface area (Å²) in [6.07, 6.45) is 0. The predicted molar refractivity (Wildman–Crippen MR) is 81.1 cm³/mol. The Morgan fingerprint density at radius 1 is 1.10 bits per heavy atom. The summed E-state index contributed by atoms with van der Waals surface area (Å²) in [4.78, 5) is 0. The molecule has 0 heterocycles. The van der Waals surface area contributed by atoms with Crippen molar-refractivity contribution in [2.75, 3.05) is 7.11 Å². The quantitative estimate of drug-likeness (QED) is 0.886. The van der Waals surface area contributed by atoms with Crippen LogP contribution in [0.15, 0.2) is 30.3 Å². The maximum absolute atomic E-state index is 13.6. The van der Waals surface area contributed by atoms with E-state index in [0.717, 1.165) is 11.1 Å². The van der Waals surface area contributed by atoms with Crippen molar-refractivity contribution in [1.82, 2.24) is 5.32 Å². The van der Waals surface area contributed by atoms with E-state index in [1.54, 1.807) is 27.0 Å². The molecule has 0 aliphatic carbocycles. The molecule has 4 heteroatoms. The van der Waals surface area contributed by atoms with Crippen molar-refractivity contribution in [3.8, 4) is 11.5 Å². The van der Waals surface area contributed by atoms with E-state index in [-0.39, 0.29) is 11.6 Å². The van der Waals surface area contributed by atoms with Gasteiger partial charge in [-0.2, -0.15) is 0 Å². The van der Waals surface area contributed by atoms with Crippen molar-refractivity contribution >= 4 is 0 Å². The molecule has 21 heavy (non-hydrogen) atoms. The van der Waals surface area contributed by atoms with Gasteiger partial charge in [-0.3, -0.25) is 0 Å². The fraction of sp³-hybridized carbons (Fsp3) is 0.294. The van der Waals surface area contributed by atoms with Gasteiger partial charge >= 0.3 is 0 Å². The van der Waals surface area contributed by atoms with Crippen LogP contribution in [0, 0.1) is 19.7 Å². The summed E-state index contributed by atoms with van der Waals surface area (Å²) in [5.74, 6) is 0.681. The molecule has 2 aromatic rings. The Bertz CT molecular complexity index is 618. The Hall–Kier alpha value is -2.07. The van der Waals surface area contributed by atoms with Crippen LogP contribution in [0.4, 0.5) is 4.39 Å². The topological polar surface area (TPSA) is 41.5 Å². The molecule has 2 N–H and O–H groups in total. The highest BCUT2D eigenvalue weighted by Gasteiger charge is 2.06. The fourth-order valence-corrected chi connectivity index (χ4v) is 2.30. The first-order valence-electron chi connectivity index (χ1n) is 6.83. The molecule has 0 unspecified atom stereocenters. The summed E-state index contributed by atoms with van der Waals surface area (Å²) < 4.78 is 18.6. The summed E-state index contributed by atoms with van der Waals surface area (Å²) in [7, 11) is 1.56. The van der Waals surface area contributed by atoms with Crippen LogP contribution < -0.4 is 10.1 Å². The average Bonchev–Trinajstić information content (AvgIpc) is 2.46. The smallest absolute Gasteiger partial charge is 0.129 e. The van der Waals surface area contributed by atoms with Crippen LogP contribution >= 0.6 is 0 Å². The minimum absolute atomic E-state index is 0.147. The van der Waals surface area contributed by atoms with E-state index in [4.69, 9.17) is 4.74 Å². The fourth-order valence-electron chi connectivity index (χ4n) is 2.30. The van der Waals surface area contributed by atoms with E-state index in [1.165, 1.54) is 0 Å². The van der Waals surface area contributed by atoms with Crippen molar-refractivity contribution < 1.29 is 14.2 Å². The lowest BCUT2D eigenvalue weighted by atomic mass is 10.1. The minimum atomic E-state index is -0.147. The zero-order chi connectivity index (χ0) is 15.4. The summed E-state index contributed by atoms with van der Waals surface area (Å²) in [6.45, 7) is 4.68. The number of methoxy groups -OCH3 is 1. The maximum Gasteiger partial charge on any atom is 0.129 e. The number of phenols is 1. The number of benzene rings is 2. The van der Waals surface area contributed by atoms with Crippen molar-refractivity contribution in [3.05, 3.63) is 58.4 Å². The van der Waals surface area contributed by atoms with Gasteiger partial charge in [-0.1, -0.05) is 18.2 Å². The van der Waals surface area contributed by atoms with Crippen LogP contribution in [0.2, 0.25) is 0 Å². The number of hydrogen-bond acceptors (Lipinski definition) is 3. The lowest BCUT2D eigenvalue weighted by molar-refractivity contribution is 0.406. The number of aromatic hydroxyl groups is 1. The molecule has 0 bridgehead atoms. The molecule has 0 saturated heterocycles. The van der Waals surface area contributed by atoms with Crippen molar-refractivity contribution in [1.29, 1.82) is 0 Å². The second kappa shape index (κ2) is 6.59. The van der Waals surface area contributed by atoms with E-state index in [0.29, 0.717) is 30.0 Å². The van der Waals surface area contributed by atoms with Crippen LogP contribution in [0.5, 0.6) is 11.5 Å². The minimum Gasteiger partial charge on any atom is -0.507 e. The number of ether oxygens (including phenoxy) is 1. The van der Waals surface area contributed by atoms with Gasteiger partial charge in [0.2, 0.25) is 0 Å². The third-order valence-corrected chi connectivity index (χ3v) is 3.43. The van der Waals surface area contributed by atoms with Gasteiger partial charge in [0.1, 0.15) is 17.3 Å². The first kappa shape index (κ1) is 15.3. The zero-order valence-corrected chi connectivity index (χ0v) is 12.5. The highest BCUT2D eigenvalue weighted by Crippen LogP contribution is 2.23. The average molecular weight is 289 g/mol. The summed E-state index contributed by atoms with van der Waals surface area (Å²) >= 11 is 0. The van der Waals surface area contributed by atoms with Gasteiger partial charge in [-0.05, 0) is 36.6 Å². The first-order valence-corrected chi connectivity index (χ1v) is 6.83. The van der Waals surface area contributed by atoms with E-state index in [1.807, 2.05) is 24.3 Å². The number of phenolic OH excluding ortho intramolecular Hbond substituents is 1. The molecule has 3 nitrogen and oxygen atoms in total. The van der Waals surface area contributed by atoms with Gasteiger partial charge in [0.05, 0.1) is 7.11 Å². The summed E-state index contributed by atoms with van der Waals surface area (Å²) in [5.41, 5.74) is 3.13. The van der Waals surface area contributed by atoms with Gasteiger partial charge in [0.15, 0.2) is 0 Å². The Labute approximate surface area is 124 Å². The highest BCUT2D eigenvalue weighted by molar-refractivity contribution is 5.39. The molecular formula is C17H20FNO2. The largest absolute Gasteiger partial charge is 0.507 e. The molecule has 2 rings (SSSR count). The second-order valence-corrected chi connectivity index (χ2v) is 5.14. The van der Waals surface area contributed by atoms with Gasteiger partial charge in [-0.25, -0.2) is 4.39 Å². The normalized spacial score (nSPS) is 10.7. The SMILES string of the molecule is COc1ccc(CNCc2cc(C)c(F)c(C)c2)c(O)c1. The van der Waals surface area contributed by atoms with E-state index in [9.17, 15) is 9.50 Å². The Balaban J connectivity index is 1.98. The molecular weight excluding hydrogens is 269 g/mol. The molecule has 0 aliphatic rings. The van der Waals surface area contributed by atoms with Crippen molar-refractivity contribution in [3.63, 3.8) is 0 Å². The molecule has 0 radical (unpaired) electrons. The van der Waals surface area contributed by atoms with Gasteiger partial charge in [-0.15, -0.1) is 0 Å². The number of hydrogen-bond donors (Lipinski definition) is 2. The third kappa shape index (κ3) is 3.73. The molecule has 0 spiro atoms. The Kier molecular flexibility index (Phi) is 4.81. The van der Waals surface area contributed by atoms with E-state index in [2.05, 4.69) is 5.32 Å². The molecule has 0 saturated carbocycles. The van der Waals surface area contributed by atoms with Crippen molar-refractivity contribution in [2.24, 2.45) is 0 Å². The predicted octanol–water partition coefficient (Wildman–Crippen LogP) is 3.45. The third-order valence-electron chi connectivity index (χ3n) is 3.43. The zero-order valence-electron chi connectivity index (χ0n) is 12.5. The number of rotatable bonds is 5. The van der Waals surface area contributed by atoms with Crippen LogP contribution in [0.3, 0.4) is 0 Å². The van der Waals surface area contributed by atoms with Gasteiger partial charge in [0.25, 0.3) is 0 Å². The van der Waals surface area contributed by atoms with Gasteiger partial charge < -0.3 is 15.2 Å². The highest BCUT2D eigenvalue weighted by atomic mass is 19.1. The van der Waals surface area contributed by atoms with Gasteiger partial charge in [0, 0.05) is 24.7 Å². The molecule has 2 aromatic carbocycles. The van der Waals surface area contributed by atoms with Crippen LogP contribution in [-0.4, -0.2) is 12.2 Å². The van der Waals surface area contributed by atoms with E-state index < -0.39 is 0 Å². The Morgan fingerprint density at radius 3 is 2.33 bits per heavy atom. The Morgan fingerprint density at radius 2 is 1.76 bits per heavy atom. The number of aryl methyl sites for hydroxylation is 2. The molecule has 0 fully saturated rings. The second-order valence-electron chi connectivity index (χ2n) is 5.14. The lowest BCUT2D eigenvalue weighted by Crippen LogP contribution is -2.13. The monoisotopic (exact) mass is 289 g/mol. The lowest BCUT2D eigenvalue weighted by Gasteiger charge is -2.10. The number of halogens is 1. The van der Waals surface area contributed by atoms with Crippen LogP contribution in [0.25, 0.3) is 0 Å². The standard InChI is InChI=1S/C17H20FNO2/c1-11-6-13(7-12(2)17(11)18)9-19-10-14-4-5-15(21-3)8-16(14)20/h4-8,19-20H,9-10H2,1-3H3. The first-order chi connectivity index (χ1) is 10.0. The van der Waals surface area contributed by atoms with Crippen LogP contribution in [0.1, 0.15) is 22.3 Å². The molecule has 112 valence electrons. The molecule has 0 atom stereocenters. The molecule has 0 amide bonds. The molecule has 0 aromatic heterocycles. The maximum atomic E-state index is 13.6.